The largest absolute Gasteiger partial charge is 0.508 e. The zero-order valence-corrected chi connectivity index (χ0v) is 16.9. The molecule has 1 aromatic carbocycles. The normalized spacial score (nSPS) is 22.3. The van der Waals surface area contributed by atoms with E-state index in [-0.39, 0.29) is 35.6 Å². The molecule has 1 atom stereocenters. The van der Waals surface area contributed by atoms with Gasteiger partial charge in [-0.05, 0) is 41.2 Å². The van der Waals surface area contributed by atoms with Gasteiger partial charge < -0.3 is 25.2 Å². The van der Waals surface area contributed by atoms with E-state index in [1.54, 1.807) is 6.07 Å². The molecule has 6 nitrogen and oxygen atoms in total. The van der Waals surface area contributed by atoms with E-state index < -0.39 is 0 Å². The van der Waals surface area contributed by atoms with Crippen molar-refractivity contribution < 1.29 is 19.7 Å². The minimum absolute atomic E-state index is 0.0426. The molecule has 2 aliphatic rings. The number of nitrogens with one attached hydrogen (secondary N) is 1. The fraction of sp³-hybridized carbons (Fsp3) is 0.500. The summed E-state index contributed by atoms with van der Waals surface area (Å²) in [7, 11) is 0. The second-order valence-corrected chi connectivity index (χ2v) is 8.64. The number of aliphatic hydroxyl groups is 1. The van der Waals surface area contributed by atoms with Crippen LogP contribution in [0, 0.1) is 0 Å². The van der Waals surface area contributed by atoms with Gasteiger partial charge in [-0.15, -0.1) is 0 Å². The highest BCUT2D eigenvalue weighted by Crippen LogP contribution is 2.31. The topological polar surface area (TPSA) is 82.0 Å². The van der Waals surface area contributed by atoms with E-state index in [1.165, 1.54) is 0 Å². The SMILES string of the molecule is CC(C)(C)c1ccc(CC(=O)NC2=CCN(C3(CO)CCOC3)C=C2)cc1O. The maximum absolute atomic E-state index is 12.4. The van der Waals surface area contributed by atoms with Crippen molar-refractivity contribution in [2.24, 2.45) is 0 Å². The standard InChI is InChI=1S/C22H30N2O4/c1-21(2,3)18-5-4-16(12-19(18)26)13-20(27)23-17-6-9-24(10-7-17)22(14-25)8-11-28-15-22/h4-7,9,12,25-26H,8,10-11,13-15H2,1-3H3,(H,23,27). The molecule has 152 valence electrons. The summed E-state index contributed by atoms with van der Waals surface area (Å²) < 4.78 is 5.45. The van der Waals surface area contributed by atoms with Crippen molar-refractivity contribution in [2.45, 2.75) is 44.6 Å². The van der Waals surface area contributed by atoms with Crippen molar-refractivity contribution in [3.05, 3.63) is 53.4 Å². The number of nitrogens with zero attached hydrogens (tertiary/aromatic N) is 1. The molecule has 28 heavy (non-hydrogen) atoms. The van der Waals surface area contributed by atoms with Crippen molar-refractivity contribution in [1.29, 1.82) is 0 Å². The number of ether oxygens (including phenoxy) is 1. The summed E-state index contributed by atoms with van der Waals surface area (Å²) in [5.41, 5.74) is 1.86. The van der Waals surface area contributed by atoms with Gasteiger partial charge in [-0.1, -0.05) is 32.9 Å². The Hall–Kier alpha value is -2.31. The summed E-state index contributed by atoms with van der Waals surface area (Å²) in [6, 6.07) is 5.43. The Morgan fingerprint density at radius 1 is 1.36 bits per heavy atom. The number of amides is 1. The van der Waals surface area contributed by atoms with Crippen molar-refractivity contribution in [2.75, 3.05) is 26.4 Å². The fourth-order valence-corrected chi connectivity index (χ4v) is 3.69. The Bertz CT molecular complexity index is 786. The molecular formula is C22H30N2O4. The number of aromatic hydroxyl groups is 1. The Labute approximate surface area is 166 Å². The van der Waals surface area contributed by atoms with Gasteiger partial charge in [-0.3, -0.25) is 4.79 Å². The average Bonchev–Trinajstić information content (AvgIpc) is 3.11. The van der Waals surface area contributed by atoms with Crippen LogP contribution in [0.1, 0.15) is 38.3 Å². The number of allylic oxidation sites excluding steroid dienone is 1. The molecule has 0 spiro atoms. The van der Waals surface area contributed by atoms with Crippen LogP contribution in [0.2, 0.25) is 0 Å². The molecule has 2 aliphatic heterocycles. The second-order valence-electron chi connectivity index (χ2n) is 8.64. The van der Waals surface area contributed by atoms with Crippen molar-refractivity contribution in [1.82, 2.24) is 10.2 Å². The second kappa shape index (κ2) is 7.97. The molecular weight excluding hydrogens is 356 g/mol. The lowest BCUT2D eigenvalue weighted by atomic mass is 9.85. The lowest BCUT2D eigenvalue weighted by Crippen LogP contribution is -2.50. The zero-order chi connectivity index (χ0) is 20.4. The quantitative estimate of drug-likeness (QED) is 0.723. The molecule has 1 unspecified atom stereocenters. The first-order chi connectivity index (χ1) is 13.2. The Balaban J connectivity index is 1.58. The summed E-state index contributed by atoms with van der Waals surface area (Å²) in [5, 5.41) is 22.9. The lowest BCUT2D eigenvalue weighted by Gasteiger charge is -2.39. The Morgan fingerprint density at radius 3 is 2.68 bits per heavy atom. The number of carbonyl (C=O) groups excluding carboxylic acids is 1. The number of aliphatic hydroxyl groups excluding tert-OH is 1. The van der Waals surface area contributed by atoms with Crippen LogP contribution in [0.25, 0.3) is 0 Å². The van der Waals surface area contributed by atoms with Crippen molar-refractivity contribution >= 4 is 5.91 Å². The number of phenolic OH excluding ortho intramolecular Hbond substituents is 1. The third-order valence-corrected chi connectivity index (χ3v) is 5.45. The monoisotopic (exact) mass is 386 g/mol. The maximum atomic E-state index is 12.4. The van der Waals surface area contributed by atoms with Crippen molar-refractivity contribution in [3.63, 3.8) is 0 Å². The molecule has 0 radical (unpaired) electrons. The number of rotatable bonds is 5. The van der Waals surface area contributed by atoms with Gasteiger partial charge in [-0.25, -0.2) is 0 Å². The first-order valence-electron chi connectivity index (χ1n) is 9.69. The molecule has 0 saturated carbocycles. The highest BCUT2D eigenvalue weighted by atomic mass is 16.5. The first kappa shape index (κ1) is 20.4. The van der Waals surface area contributed by atoms with E-state index in [0.717, 1.165) is 23.2 Å². The van der Waals surface area contributed by atoms with Gasteiger partial charge in [0.1, 0.15) is 5.75 Å². The van der Waals surface area contributed by atoms with Crippen molar-refractivity contribution in [3.8, 4) is 5.75 Å². The fourth-order valence-electron chi connectivity index (χ4n) is 3.69. The van der Waals surface area contributed by atoms with Gasteiger partial charge in [0.15, 0.2) is 0 Å². The van der Waals surface area contributed by atoms with Crippen LogP contribution in [0.4, 0.5) is 0 Å². The number of hydrogen-bond donors (Lipinski definition) is 3. The predicted molar refractivity (Wildman–Crippen MR) is 108 cm³/mol. The number of phenols is 1. The summed E-state index contributed by atoms with van der Waals surface area (Å²) in [6.45, 7) is 7.93. The van der Waals surface area contributed by atoms with Gasteiger partial charge in [0.2, 0.25) is 5.91 Å². The van der Waals surface area contributed by atoms with Crippen LogP contribution in [0.15, 0.2) is 42.2 Å². The average molecular weight is 386 g/mol. The minimum atomic E-state index is -0.366. The molecule has 1 saturated heterocycles. The van der Waals surface area contributed by atoms with Gasteiger partial charge >= 0.3 is 0 Å². The molecule has 0 aromatic heterocycles. The molecule has 1 fully saturated rings. The van der Waals surface area contributed by atoms with Gasteiger partial charge in [0, 0.05) is 25.0 Å². The Morgan fingerprint density at radius 2 is 2.14 bits per heavy atom. The molecule has 3 rings (SSSR count). The van der Waals surface area contributed by atoms with E-state index in [9.17, 15) is 15.0 Å². The zero-order valence-electron chi connectivity index (χ0n) is 16.9. The Kier molecular flexibility index (Phi) is 5.82. The highest BCUT2D eigenvalue weighted by Gasteiger charge is 2.39. The summed E-state index contributed by atoms with van der Waals surface area (Å²) in [4.78, 5) is 14.5. The minimum Gasteiger partial charge on any atom is -0.508 e. The molecule has 6 heteroatoms. The van der Waals surface area contributed by atoms with E-state index in [4.69, 9.17) is 4.74 Å². The van der Waals surface area contributed by atoms with Crippen LogP contribution >= 0.6 is 0 Å². The smallest absolute Gasteiger partial charge is 0.228 e. The molecule has 3 N–H and O–H groups in total. The van der Waals surface area contributed by atoms with E-state index in [2.05, 4.69) is 10.2 Å². The number of hydrogen-bond acceptors (Lipinski definition) is 5. The van der Waals surface area contributed by atoms with Gasteiger partial charge in [-0.2, -0.15) is 0 Å². The first-order valence-corrected chi connectivity index (χ1v) is 9.69. The van der Waals surface area contributed by atoms with Crippen LogP contribution in [0.3, 0.4) is 0 Å². The highest BCUT2D eigenvalue weighted by molar-refractivity contribution is 5.81. The molecule has 0 aliphatic carbocycles. The summed E-state index contributed by atoms with van der Waals surface area (Å²) >= 11 is 0. The maximum Gasteiger partial charge on any atom is 0.228 e. The van der Waals surface area contributed by atoms with E-state index >= 15 is 0 Å². The molecule has 0 bridgehead atoms. The molecule has 1 aromatic rings. The van der Waals surface area contributed by atoms with Crippen LogP contribution in [-0.2, 0) is 21.4 Å². The lowest BCUT2D eigenvalue weighted by molar-refractivity contribution is -0.119. The third-order valence-electron chi connectivity index (χ3n) is 5.45. The molecule has 1 amide bonds. The predicted octanol–water partition coefficient (Wildman–Crippen LogP) is 2.21. The van der Waals surface area contributed by atoms with E-state index in [0.29, 0.717) is 19.8 Å². The summed E-state index contributed by atoms with van der Waals surface area (Å²) in [5.74, 6) is 0.0895. The number of benzene rings is 1. The number of carbonyl (C=O) groups is 1. The molecule has 2 heterocycles. The van der Waals surface area contributed by atoms with Gasteiger partial charge in [0.25, 0.3) is 0 Å². The third kappa shape index (κ3) is 4.39. The van der Waals surface area contributed by atoms with Crippen LogP contribution in [-0.4, -0.2) is 52.9 Å². The van der Waals surface area contributed by atoms with Crippen LogP contribution < -0.4 is 5.32 Å². The van der Waals surface area contributed by atoms with Crippen LogP contribution in [0.5, 0.6) is 5.75 Å². The summed E-state index contributed by atoms with van der Waals surface area (Å²) in [6.07, 6.45) is 6.67. The van der Waals surface area contributed by atoms with E-state index in [1.807, 2.05) is 51.3 Å². The van der Waals surface area contributed by atoms with Gasteiger partial charge in [0.05, 0.1) is 25.2 Å².